The van der Waals surface area contributed by atoms with Gasteiger partial charge < -0.3 is 11.5 Å². The van der Waals surface area contributed by atoms with Gasteiger partial charge in [0.05, 0.1) is 0 Å². The highest BCUT2D eigenvalue weighted by molar-refractivity contribution is 6.11. The topological polar surface area (TPSA) is 52.0 Å². The fourth-order valence-electron chi connectivity index (χ4n) is 3.58. The van der Waals surface area contributed by atoms with Crippen LogP contribution in [0.5, 0.6) is 0 Å². The zero-order valence-corrected chi connectivity index (χ0v) is 13.4. The minimum absolute atomic E-state index is 0.739. The van der Waals surface area contributed by atoms with E-state index >= 15 is 0 Å². The van der Waals surface area contributed by atoms with E-state index in [2.05, 4.69) is 32.1 Å². The standard InChI is InChI=1S/C19H25BN2/c20-17-7-5-16(6-8-17)15-3-1-13(2-4-15)9-14-10-18(21)12-19(22)11-14/h1-4,10-12,16-17H,5-9,20-22H2. The fourth-order valence-corrected chi connectivity index (χ4v) is 3.58. The molecule has 1 aliphatic carbocycles. The maximum Gasteiger partial charge on any atom is 0.105 e. The largest absolute Gasteiger partial charge is 0.399 e. The number of benzene rings is 2. The van der Waals surface area contributed by atoms with Gasteiger partial charge in [0.2, 0.25) is 0 Å². The van der Waals surface area contributed by atoms with Gasteiger partial charge >= 0.3 is 0 Å². The van der Waals surface area contributed by atoms with Gasteiger partial charge in [-0.15, -0.1) is 0 Å². The molecule has 3 rings (SSSR count). The molecule has 0 saturated heterocycles. The van der Waals surface area contributed by atoms with Crippen LogP contribution in [0.25, 0.3) is 0 Å². The summed E-state index contributed by atoms with van der Waals surface area (Å²) >= 11 is 0. The van der Waals surface area contributed by atoms with Crippen LogP contribution in [0.1, 0.15) is 48.3 Å². The highest BCUT2D eigenvalue weighted by atomic mass is 14.6. The Balaban J connectivity index is 1.69. The first-order valence-electron chi connectivity index (χ1n) is 8.34. The van der Waals surface area contributed by atoms with E-state index in [-0.39, 0.29) is 0 Å². The Morgan fingerprint density at radius 1 is 0.818 bits per heavy atom. The van der Waals surface area contributed by atoms with Crippen LogP contribution in [0.15, 0.2) is 42.5 Å². The first kappa shape index (κ1) is 15.0. The van der Waals surface area contributed by atoms with E-state index in [0.717, 1.165) is 29.5 Å². The minimum Gasteiger partial charge on any atom is -0.399 e. The molecule has 0 atom stereocenters. The second-order valence-corrected chi connectivity index (χ2v) is 6.88. The van der Waals surface area contributed by atoms with Crippen LogP contribution in [0.3, 0.4) is 0 Å². The van der Waals surface area contributed by atoms with Crippen molar-refractivity contribution in [3.63, 3.8) is 0 Å². The van der Waals surface area contributed by atoms with Crippen molar-refractivity contribution in [2.24, 2.45) is 0 Å². The number of hydrogen-bond acceptors (Lipinski definition) is 2. The maximum atomic E-state index is 5.87. The Kier molecular flexibility index (Phi) is 4.42. The molecule has 3 heteroatoms. The molecule has 2 nitrogen and oxygen atoms in total. The normalized spacial score (nSPS) is 21.6. The second-order valence-electron chi connectivity index (χ2n) is 6.88. The molecule has 0 radical (unpaired) electrons. The molecule has 1 saturated carbocycles. The molecule has 0 unspecified atom stereocenters. The summed E-state index contributed by atoms with van der Waals surface area (Å²) in [5, 5.41) is 0. The van der Waals surface area contributed by atoms with Gasteiger partial charge in [0.15, 0.2) is 0 Å². The lowest BCUT2D eigenvalue weighted by Crippen LogP contribution is -2.09. The summed E-state index contributed by atoms with van der Waals surface area (Å²) in [5.74, 6) is 1.66. The van der Waals surface area contributed by atoms with Crippen LogP contribution in [0.4, 0.5) is 11.4 Å². The van der Waals surface area contributed by atoms with Gasteiger partial charge in [0.25, 0.3) is 0 Å². The molecule has 0 bridgehead atoms. The second kappa shape index (κ2) is 6.47. The predicted molar refractivity (Wildman–Crippen MR) is 98.0 cm³/mol. The molecule has 22 heavy (non-hydrogen) atoms. The molecule has 1 aliphatic rings. The van der Waals surface area contributed by atoms with E-state index in [1.54, 1.807) is 6.07 Å². The van der Waals surface area contributed by atoms with E-state index in [0.29, 0.717) is 0 Å². The van der Waals surface area contributed by atoms with Crippen molar-refractivity contribution in [2.45, 2.75) is 43.8 Å². The van der Waals surface area contributed by atoms with Gasteiger partial charge in [-0.1, -0.05) is 42.9 Å². The number of hydrogen-bond donors (Lipinski definition) is 2. The van der Waals surface area contributed by atoms with E-state index in [1.165, 1.54) is 42.4 Å². The van der Waals surface area contributed by atoms with Gasteiger partial charge in [0.1, 0.15) is 7.85 Å². The summed E-state index contributed by atoms with van der Waals surface area (Å²) < 4.78 is 0. The first-order chi connectivity index (χ1) is 10.6. The molecule has 4 N–H and O–H groups in total. The van der Waals surface area contributed by atoms with Gasteiger partial charge in [-0.05, 0) is 60.1 Å². The summed E-state index contributed by atoms with van der Waals surface area (Å²) in [6, 6.07) is 15.0. The Morgan fingerprint density at radius 2 is 1.41 bits per heavy atom. The third kappa shape index (κ3) is 3.65. The lowest BCUT2D eigenvalue weighted by Gasteiger charge is -2.26. The molecule has 0 spiro atoms. The van der Waals surface area contributed by atoms with Crippen LogP contribution >= 0.6 is 0 Å². The summed E-state index contributed by atoms with van der Waals surface area (Å²) in [7, 11) is 2.37. The molecule has 0 aliphatic heterocycles. The molecule has 2 aromatic rings. The number of nitrogen functional groups attached to an aromatic ring is 2. The van der Waals surface area contributed by atoms with Crippen molar-refractivity contribution in [3.8, 4) is 0 Å². The van der Waals surface area contributed by atoms with Crippen LogP contribution in [0, 0.1) is 0 Å². The average Bonchev–Trinajstić information content (AvgIpc) is 2.48. The zero-order chi connectivity index (χ0) is 15.5. The van der Waals surface area contributed by atoms with Crippen molar-refractivity contribution in [2.75, 3.05) is 11.5 Å². The summed E-state index contributed by atoms with van der Waals surface area (Å²) in [5.41, 5.74) is 17.2. The van der Waals surface area contributed by atoms with Crippen molar-refractivity contribution >= 4 is 19.2 Å². The Morgan fingerprint density at radius 3 is 2.00 bits per heavy atom. The number of nitrogens with two attached hydrogens (primary N) is 2. The van der Waals surface area contributed by atoms with Crippen molar-refractivity contribution in [3.05, 3.63) is 59.2 Å². The summed E-state index contributed by atoms with van der Waals surface area (Å²) in [4.78, 5) is 0. The lowest BCUT2D eigenvalue weighted by atomic mass is 9.70. The van der Waals surface area contributed by atoms with Gasteiger partial charge in [-0.2, -0.15) is 0 Å². The van der Waals surface area contributed by atoms with Gasteiger partial charge in [0, 0.05) is 11.4 Å². The molecular weight excluding hydrogens is 267 g/mol. The van der Waals surface area contributed by atoms with Crippen LogP contribution < -0.4 is 11.5 Å². The zero-order valence-electron chi connectivity index (χ0n) is 13.4. The van der Waals surface area contributed by atoms with Crippen molar-refractivity contribution in [1.82, 2.24) is 0 Å². The monoisotopic (exact) mass is 292 g/mol. The Labute approximate surface area is 134 Å². The Bertz CT molecular complexity index is 608. The minimum atomic E-state index is 0.739. The number of rotatable bonds is 3. The fraction of sp³-hybridized carbons (Fsp3) is 0.368. The third-order valence-electron chi connectivity index (χ3n) is 4.91. The number of anilines is 2. The first-order valence-corrected chi connectivity index (χ1v) is 8.34. The highest BCUT2D eigenvalue weighted by Gasteiger charge is 2.19. The van der Waals surface area contributed by atoms with E-state index in [1.807, 2.05) is 12.1 Å². The smallest absolute Gasteiger partial charge is 0.105 e. The van der Waals surface area contributed by atoms with Crippen LogP contribution in [-0.2, 0) is 6.42 Å². The Hall–Kier alpha value is -1.90. The predicted octanol–water partition coefficient (Wildman–Crippen LogP) is 3.52. The highest BCUT2D eigenvalue weighted by Crippen LogP contribution is 2.37. The maximum absolute atomic E-state index is 5.87. The molecule has 114 valence electrons. The molecule has 0 heterocycles. The van der Waals surface area contributed by atoms with Gasteiger partial charge in [-0.3, -0.25) is 0 Å². The van der Waals surface area contributed by atoms with Crippen molar-refractivity contribution < 1.29 is 0 Å². The molecule has 0 amide bonds. The van der Waals surface area contributed by atoms with Crippen LogP contribution in [-0.4, -0.2) is 7.85 Å². The van der Waals surface area contributed by atoms with E-state index < -0.39 is 0 Å². The van der Waals surface area contributed by atoms with E-state index in [9.17, 15) is 0 Å². The molecule has 2 aromatic carbocycles. The molecule has 1 fully saturated rings. The average molecular weight is 292 g/mol. The SMILES string of the molecule is BC1CCC(c2ccc(Cc3cc(N)cc(N)c3)cc2)CC1. The van der Waals surface area contributed by atoms with Crippen molar-refractivity contribution in [1.29, 1.82) is 0 Å². The molecule has 0 aromatic heterocycles. The summed E-state index contributed by atoms with van der Waals surface area (Å²) in [6.45, 7) is 0. The van der Waals surface area contributed by atoms with Crippen LogP contribution in [0.2, 0.25) is 5.82 Å². The lowest BCUT2D eigenvalue weighted by molar-refractivity contribution is 0.444. The third-order valence-corrected chi connectivity index (χ3v) is 4.91. The quantitative estimate of drug-likeness (QED) is 0.671. The van der Waals surface area contributed by atoms with Gasteiger partial charge in [-0.25, -0.2) is 0 Å². The van der Waals surface area contributed by atoms with E-state index in [4.69, 9.17) is 11.5 Å². The summed E-state index contributed by atoms with van der Waals surface area (Å²) in [6.07, 6.45) is 6.31. The molecular formula is C19H25BN2.